The van der Waals surface area contributed by atoms with Gasteiger partial charge in [-0.3, -0.25) is 9.59 Å². The molecule has 4 aromatic rings. The normalized spacial score (nSPS) is 11.9. The lowest BCUT2D eigenvalue weighted by Crippen LogP contribution is -2.36. The van der Waals surface area contributed by atoms with Gasteiger partial charge in [-0.1, -0.05) is 35.9 Å². The van der Waals surface area contributed by atoms with E-state index in [-0.39, 0.29) is 23.5 Å². The summed E-state index contributed by atoms with van der Waals surface area (Å²) < 4.78 is 39.7. The third kappa shape index (κ3) is 3.37. The van der Waals surface area contributed by atoms with Gasteiger partial charge in [-0.15, -0.1) is 0 Å². The van der Waals surface area contributed by atoms with Gasteiger partial charge in [0, 0.05) is 23.6 Å². The first-order chi connectivity index (χ1) is 13.8. The number of alkyl halides is 3. The van der Waals surface area contributed by atoms with Crippen molar-refractivity contribution in [3.05, 3.63) is 85.8 Å². The van der Waals surface area contributed by atoms with Crippen molar-refractivity contribution in [2.24, 2.45) is 0 Å². The van der Waals surface area contributed by atoms with Crippen LogP contribution in [0.3, 0.4) is 0 Å². The summed E-state index contributed by atoms with van der Waals surface area (Å²) >= 11 is 0. The first-order valence-electron chi connectivity index (χ1n) is 8.83. The number of benzene rings is 2. The number of hydrogen-bond donors (Lipinski definition) is 3. The number of aromatic amines is 1. The Labute approximate surface area is 162 Å². The zero-order valence-corrected chi connectivity index (χ0v) is 15.3. The average molecular weight is 399 g/mol. The second-order valence-corrected chi connectivity index (χ2v) is 6.79. The highest BCUT2D eigenvalue weighted by Gasteiger charge is 2.33. The van der Waals surface area contributed by atoms with E-state index in [0.717, 1.165) is 17.0 Å². The van der Waals surface area contributed by atoms with Crippen LogP contribution >= 0.6 is 0 Å². The number of anilines is 3. The maximum atomic E-state index is 13.2. The molecule has 0 unspecified atom stereocenters. The highest BCUT2D eigenvalue weighted by atomic mass is 19.4. The Balaban J connectivity index is 1.61. The molecular formula is C21H16F3N3O2. The van der Waals surface area contributed by atoms with E-state index in [2.05, 4.69) is 15.6 Å². The minimum absolute atomic E-state index is 0.00333. The van der Waals surface area contributed by atoms with Crippen LogP contribution in [0.5, 0.6) is 0 Å². The Kier molecular flexibility index (Phi) is 4.41. The van der Waals surface area contributed by atoms with Crippen LogP contribution in [0, 0.1) is 6.92 Å². The van der Waals surface area contributed by atoms with Gasteiger partial charge in [0.05, 0.1) is 11.3 Å². The van der Waals surface area contributed by atoms with Crippen molar-refractivity contribution in [2.75, 3.05) is 10.6 Å². The number of nitrogens with one attached hydrogen (secondary N) is 3. The van der Waals surface area contributed by atoms with Crippen LogP contribution in [0.15, 0.2) is 58.3 Å². The van der Waals surface area contributed by atoms with Crippen molar-refractivity contribution < 1.29 is 13.2 Å². The highest BCUT2D eigenvalue weighted by Crippen LogP contribution is 2.33. The van der Waals surface area contributed by atoms with Crippen molar-refractivity contribution in [2.45, 2.75) is 19.6 Å². The molecular weight excluding hydrogens is 383 g/mol. The fraction of sp³-hybridized carbons (Fsp3) is 0.143. The number of H-pyrrole nitrogens is 1. The Bertz CT molecular complexity index is 1280. The number of para-hydroxylation sites is 1. The smallest absolute Gasteiger partial charge is 0.376 e. The number of rotatable bonds is 5. The zero-order chi connectivity index (χ0) is 20.8. The molecule has 0 atom stereocenters. The van der Waals surface area contributed by atoms with Gasteiger partial charge in [-0.05, 0) is 24.6 Å². The molecule has 148 valence electrons. The summed E-state index contributed by atoms with van der Waals surface area (Å²) in [5, 5.41) is 6.44. The number of aryl methyl sites for hydroxylation is 1. The Hall–Kier alpha value is -3.55. The quantitative estimate of drug-likeness (QED) is 0.434. The number of halogens is 3. The largest absolute Gasteiger partial charge is 0.416 e. The highest BCUT2D eigenvalue weighted by molar-refractivity contribution is 5.95. The van der Waals surface area contributed by atoms with Crippen LogP contribution < -0.4 is 21.5 Å². The molecule has 0 bridgehead atoms. The van der Waals surface area contributed by atoms with Crippen molar-refractivity contribution in [1.82, 2.24) is 4.98 Å². The average Bonchev–Trinajstić information content (AvgIpc) is 3.09. The Morgan fingerprint density at radius 3 is 2.48 bits per heavy atom. The fourth-order valence-corrected chi connectivity index (χ4v) is 3.32. The molecule has 0 aliphatic heterocycles. The summed E-state index contributed by atoms with van der Waals surface area (Å²) in [4.78, 5) is 27.1. The van der Waals surface area contributed by atoms with Crippen LogP contribution in [0.25, 0.3) is 10.9 Å². The summed E-state index contributed by atoms with van der Waals surface area (Å²) in [6.45, 7) is 1.45. The van der Waals surface area contributed by atoms with Crippen molar-refractivity contribution >= 4 is 28.0 Å². The summed E-state index contributed by atoms with van der Waals surface area (Å²) in [5.74, 6) is 0. The molecule has 0 amide bonds. The van der Waals surface area contributed by atoms with E-state index in [0.29, 0.717) is 11.3 Å². The molecule has 0 radical (unpaired) electrons. The van der Waals surface area contributed by atoms with Crippen molar-refractivity contribution in [3.8, 4) is 0 Å². The SMILES string of the molecule is Cc1ccc(C(F)(F)F)c(CNc2c(Nc3c[nH]c4ccccc34)c(=O)c2=O)c1. The predicted molar refractivity (Wildman–Crippen MR) is 106 cm³/mol. The molecule has 0 saturated heterocycles. The van der Waals surface area contributed by atoms with Gasteiger partial charge in [0.25, 0.3) is 10.9 Å². The molecule has 1 heterocycles. The van der Waals surface area contributed by atoms with Crippen molar-refractivity contribution in [3.63, 3.8) is 0 Å². The first kappa shape index (κ1) is 18.8. The van der Waals surface area contributed by atoms with E-state index in [9.17, 15) is 22.8 Å². The van der Waals surface area contributed by atoms with E-state index in [4.69, 9.17) is 0 Å². The van der Waals surface area contributed by atoms with E-state index >= 15 is 0 Å². The molecule has 8 heteroatoms. The van der Waals surface area contributed by atoms with Crippen LogP contribution in [-0.4, -0.2) is 4.98 Å². The summed E-state index contributed by atoms with van der Waals surface area (Å²) in [5.41, 5.74) is -0.108. The van der Waals surface area contributed by atoms with Crippen LogP contribution in [0.2, 0.25) is 0 Å². The Morgan fingerprint density at radius 2 is 1.72 bits per heavy atom. The fourth-order valence-electron chi connectivity index (χ4n) is 3.32. The minimum atomic E-state index is -4.51. The van der Waals surface area contributed by atoms with Gasteiger partial charge in [0.1, 0.15) is 11.4 Å². The van der Waals surface area contributed by atoms with E-state index in [1.807, 2.05) is 24.3 Å². The van der Waals surface area contributed by atoms with Gasteiger partial charge < -0.3 is 15.6 Å². The summed E-state index contributed by atoms with van der Waals surface area (Å²) in [7, 11) is 0. The maximum absolute atomic E-state index is 13.2. The Morgan fingerprint density at radius 1 is 1.00 bits per heavy atom. The second-order valence-electron chi connectivity index (χ2n) is 6.79. The first-order valence-corrected chi connectivity index (χ1v) is 8.83. The lowest BCUT2D eigenvalue weighted by Gasteiger charge is -2.17. The van der Waals surface area contributed by atoms with Crippen LogP contribution in [0.1, 0.15) is 16.7 Å². The molecule has 0 aliphatic rings. The molecule has 1 aromatic heterocycles. The maximum Gasteiger partial charge on any atom is 0.416 e. The predicted octanol–water partition coefficient (Wildman–Crippen LogP) is 4.45. The van der Waals surface area contributed by atoms with Gasteiger partial charge in [0.2, 0.25) is 0 Å². The molecule has 0 aliphatic carbocycles. The van der Waals surface area contributed by atoms with Gasteiger partial charge in [-0.2, -0.15) is 13.2 Å². The minimum Gasteiger partial charge on any atom is -0.376 e. The number of aromatic nitrogens is 1. The molecule has 3 aromatic carbocycles. The van der Waals surface area contributed by atoms with Gasteiger partial charge >= 0.3 is 6.18 Å². The standard InChI is InChI=1S/C21H16F3N3O2/c1-11-6-7-14(21(22,23)24)12(8-11)9-26-17-18(20(29)19(17)28)27-16-10-25-15-5-3-2-4-13(15)16/h2-8,10,25-27H,9H2,1H3. The molecule has 29 heavy (non-hydrogen) atoms. The zero-order valence-electron chi connectivity index (χ0n) is 15.3. The second kappa shape index (κ2) is 6.80. The number of fused-ring (bicyclic) bond motifs is 1. The van der Waals surface area contributed by atoms with Gasteiger partial charge in [-0.25, -0.2) is 0 Å². The number of hydrogen-bond acceptors (Lipinski definition) is 4. The van der Waals surface area contributed by atoms with E-state index < -0.39 is 22.6 Å². The summed E-state index contributed by atoms with van der Waals surface area (Å²) in [6.07, 6.45) is -2.85. The molecule has 3 N–H and O–H groups in total. The lowest BCUT2D eigenvalue weighted by molar-refractivity contribution is -0.138. The monoisotopic (exact) mass is 399 g/mol. The topological polar surface area (TPSA) is 74.0 Å². The molecule has 4 rings (SSSR count). The molecule has 0 spiro atoms. The third-order valence-corrected chi connectivity index (χ3v) is 4.78. The van der Waals surface area contributed by atoms with Crippen LogP contribution in [-0.2, 0) is 12.7 Å². The van der Waals surface area contributed by atoms with Gasteiger partial charge in [0.15, 0.2) is 0 Å². The van der Waals surface area contributed by atoms with Crippen molar-refractivity contribution in [1.29, 1.82) is 0 Å². The van der Waals surface area contributed by atoms with E-state index in [1.165, 1.54) is 12.1 Å². The third-order valence-electron chi connectivity index (χ3n) is 4.78. The van der Waals surface area contributed by atoms with E-state index in [1.54, 1.807) is 13.1 Å². The lowest BCUT2D eigenvalue weighted by atomic mass is 10.0. The van der Waals surface area contributed by atoms with Crippen LogP contribution in [0.4, 0.5) is 30.2 Å². The molecule has 5 nitrogen and oxygen atoms in total. The molecule has 0 saturated carbocycles. The molecule has 0 fully saturated rings. The summed E-state index contributed by atoms with van der Waals surface area (Å²) in [6, 6.07) is 11.2.